The van der Waals surface area contributed by atoms with Crippen LogP contribution in [0.25, 0.3) is 0 Å². The third kappa shape index (κ3) is 1.61. The summed E-state index contributed by atoms with van der Waals surface area (Å²) in [5.41, 5.74) is -0.121. The SMILES string of the molecule is CC#CCC(=O)C1(C)CNC1. The summed E-state index contributed by atoms with van der Waals surface area (Å²) >= 11 is 0. The van der Waals surface area contributed by atoms with Gasteiger partial charge >= 0.3 is 0 Å². The second-order valence-corrected chi connectivity index (χ2v) is 3.19. The summed E-state index contributed by atoms with van der Waals surface area (Å²) in [5, 5.41) is 3.09. The number of nitrogens with one attached hydrogen (secondary N) is 1. The molecule has 2 nitrogen and oxygen atoms in total. The van der Waals surface area contributed by atoms with Crippen LogP contribution in [0.1, 0.15) is 20.3 Å². The van der Waals surface area contributed by atoms with E-state index in [4.69, 9.17) is 0 Å². The molecule has 1 aliphatic rings. The van der Waals surface area contributed by atoms with Gasteiger partial charge in [0.2, 0.25) is 0 Å². The van der Waals surface area contributed by atoms with E-state index in [1.165, 1.54) is 0 Å². The molecule has 60 valence electrons. The van der Waals surface area contributed by atoms with Gasteiger partial charge in [0, 0.05) is 13.1 Å². The summed E-state index contributed by atoms with van der Waals surface area (Å²) in [7, 11) is 0. The van der Waals surface area contributed by atoms with E-state index in [-0.39, 0.29) is 11.2 Å². The van der Waals surface area contributed by atoms with Crippen molar-refractivity contribution >= 4 is 5.78 Å². The lowest BCUT2D eigenvalue weighted by atomic mass is 9.79. The first kappa shape index (κ1) is 8.29. The highest BCUT2D eigenvalue weighted by atomic mass is 16.1. The number of carbonyl (C=O) groups excluding carboxylic acids is 1. The van der Waals surface area contributed by atoms with Crippen LogP contribution >= 0.6 is 0 Å². The van der Waals surface area contributed by atoms with E-state index in [0.29, 0.717) is 6.42 Å². The maximum Gasteiger partial charge on any atom is 0.153 e. The lowest BCUT2D eigenvalue weighted by molar-refractivity contribution is -0.129. The van der Waals surface area contributed by atoms with Crippen molar-refractivity contribution in [3.05, 3.63) is 0 Å². The molecular formula is C9H13NO. The van der Waals surface area contributed by atoms with Gasteiger partial charge in [0.15, 0.2) is 5.78 Å². The monoisotopic (exact) mass is 151 g/mol. The van der Waals surface area contributed by atoms with Gasteiger partial charge in [0.25, 0.3) is 0 Å². The van der Waals surface area contributed by atoms with Gasteiger partial charge in [-0.15, -0.1) is 5.92 Å². The van der Waals surface area contributed by atoms with Crippen molar-refractivity contribution in [3.63, 3.8) is 0 Å². The average Bonchev–Trinajstić information content (AvgIpc) is 1.95. The molecule has 0 saturated carbocycles. The second kappa shape index (κ2) is 3.06. The minimum atomic E-state index is -0.121. The molecule has 0 unspecified atom stereocenters. The highest BCUT2D eigenvalue weighted by molar-refractivity contribution is 5.87. The van der Waals surface area contributed by atoms with Gasteiger partial charge in [0.1, 0.15) is 0 Å². The Morgan fingerprint density at radius 2 is 2.27 bits per heavy atom. The normalized spacial score (nSPS) is 19.5. The summed E-state index contributed by atoms with van der Waals surface area (Å²) < 4.78 is 0. The topological polar surface area (TPSA) is 29.1 Å². The first-order valence-corrected chi connectivity index (χ1v) is 3.83. The van der Waals surface area contributed by atoms with E-state index in [9.17, 15) is 4.79 Å². The van der Waals surface area contributed by atoms with Crippen molar-refractivity contribution in [2.75, 3.05) is 13.1 Å². The van der Waals surface area contributed by atoms with E-state index >= 15 is 0 Å². The van der Waals surface area contributed by atoms with Crippen LogP contribution in [0.4, 0.5) is 0 Å². The molecular weight excluding hydrogens is 138 g/mol. The van der Waals surface area contributed by atoms with Crippen molar-refractivity contribution in [2.45, 2.75) is 20.3 Å². The van der Waals surface area contributed by atoms with Crippen molar-refractivity contribution in [1.29, 1.82) is 0 Å². The molecule has 0 aromatic rings. The fraction of sp³-hybridized carbons (Fsp3) is 0.667. The highest BCUT2D eigenvalue weighted by Crippen LogP contribution is 2.23. The predicted octanol–water partition coefficient (Wildman–Crippen LogP) is 0.578. The van der Waals surface area contributed by atoms with E-state index in [1.807, 2.05) is 6.92 Å². The molecule has 1 heterocycles. The second-order valence-electron chi connectivity index (χ2n) is 3.19. The first-order chi connectivity index (χ1) is 5.19. The molecule has 0 amide bonds. The Bertz CT molecular complexity index is 217. The van der Waals surface area contributed by atoms with Crippen LogP contribution < -0.4 is 5.32 Å². The smallest absolute Gasteiger partial charge is 0.153 e. The third-order valence-electron chi connectivity index (χ3n) is 2.13. The Hall–Kier alpha value is -0.810. The fourth-order valence-electron chi connectivity index (χ4n) is 1.08. The zero-order chi connectivity index (χ0) is 8.32. The number of rotatable bonds is 2. The number of Topliss-reactive ketones (excluding diaryl/α,β-unsaturated/α-hetero) is 1. The number of carbonyl (C=O) groups is 1. The van der Waals surface area contributed by atoms with Gasteiger partial charge in [-0.1, -0.05) is 12.8 Å². The van der Waals surface area contributed by atoms with Crippen molar-refractivity contribution in [1.82, 2.24) is 5.32 Å². The molecule has 11 heavy (non-hydrogen) atoms. The van der Waals surface area contributed by atoms with Gasteiger partial charge in [-0.2, -0.15) is 0 Å². The van der Waals surface area contributed by atoms with Crippen LogP contribution in [0.2, 0.25) is 0 Å². The Balaban J connectivity index is 2.44. The Labute approximate surface area is 67.4 Å². The Morgan fingerprint density at radius 3 is 2.64 bits per heavy atom. The quantitative estimate of drug-likeness (QED) is 0.585. The summed E-state index contributed by atoms with van der Waals surface area (Å²) in [6, 6.07) is 0. The standard InChI is InChI=1S/C9H13NO/c1-3-4-5-8(11)9(2)6-10-7-9/h10H,5-7H2,1-2H3. The minimum Gasteiger partial charge on any atom is -0.315 e. The van der Waals surface area contributed by atoms with Crippen LogP contribution in [-0.4, -0.2) is 18.9 Å². The molecule has 2 heteroatoms. The van der Waals surface area contributed by atoms with Crippen molar-refractivity contribution in [2.24, 2.45) is 5.41 Å². The van der Waals surface area contributed by atoms with Crippen LogP contribution in [0.5, 0.6) is 0 Å². The van der Waals surface area contributed by atoms with Crippen LogP contribution in [0.15, 0.2) is 0 Å². The molecule has 1 fully saturated rings. The lowest BCUT2D eigenvalue weighted by Gasteiger charge is -2.37. The lowest BCUT2D eigenvalue weighted by Crippen LogP contribution is -2.56. The van der Waals surface area contributed by atoms with Crippen molar-refractivity contribution < 1.29 is 4.79 Å². The number of hydrogen-bond donors (Lipinski definition) is 1. The Morgan fingerprint density at radius 1 is 1.64 bits per heavy atom. The van der Waals surface area contributed by atoms with Crippen molar-refractivity contribution in [3.8, 4) is 11.8 Å². The molecule has 0 radical (unpaired) electrons. The van der Waals surface area contributed by atoms with Crippen LogP contribution in [-0.2, 0) is 4.79 Å². The minimum absolute atomic E-state index is 0.121. The van der Waals surface area contributed by atoms with Gasteiger partial charge in [-0.3, -0.25) is 4.79 Å². The molecule has 1 rings (SSSR count). The van der Waals surface area contributed by atoms with E-state index in [1.54, 1.807) is 6.92 Å². The highest BCUT2D eigenvalue weighted by Gasteiger charge is 2.37. The molecule has 0 spiro atoms. The molecule has 0 aromatic carbocycles. The third-order valence-corrected chi connectivity index (χ3v) is 2.13. The maximum atomic E-state index is 11.4. The zero-order valence-corrected chi connectivity index (χ0v) is 7.03. The van der Waals surface area contributed by atoms with E-state index in [2.05, 4.69) is 17.2 Å². The zero-order valence-electron chi connectivity index (χ0n) is 7.03. The Kier molecular flexibility index (Phi) is 2.31. The van der Waals surface area contributed by atoms with Crippen LogP contribution in [0, 0.1) is 17.3 Å². The molecule has 1 saturated heterocycles. The summed E-state index contributed by atoms with van der Waals surface area (Å²) in [6.07, 6.45) is 0.411. The summed E-state index contributed by atoms with van der Waals surface area (Å²) in [4.78, 5) is 11.4. The molecule has 1 aliphatic heterocycles. The molecule has 0 aliphatic carbocycles. The first-order valence-electron chi connectivity index (χ1n) is 3.83. The number of hydrogen-bond acceptors (Lipinski definition) is 2. The van der Waals surface area contributed by atoms with Gasteiger partial charge in [-0.25, -0.2) is 0 Å². The fourth-order valence-corrected chi connectivity index (χ4v) is 1.08. The van der Waals surface area contributed by atoms with E-state index < -0.39 is 0 Å². The largest absolute Gasteiger partial charge is 0.315 e. The predicted molar refractivity (Wildman–Crippen MR) is 44.1 cm³/mol. The van der Waals surface area contributed by atoms with E-state index in [0.717, 1.165) is 13.1 Å². The van der Waals surface area contributed by atoms with Gasteiger partial charge in [-0.05, 0) is 6.92 Å². The number of ketones is 1. The van der Waals surface area contributed by atoms with Gasteiger partial charge < -0.3 is 5.32 Å². The van der Waals surface area contributed by atoms with Crippen LogP contribution in [0.3, 0.4) is 0 Å². The molecule has 1 N–H and O–H groups in total. The molecule has 0 aromatic heterocycles. The summed E-state index contributed by atoms with van der Waals surface area (Å²) in [5.74, 6) is 5.79. The average molecular weight is 151 g/mol. The van der Waals surface area contributed by atoms with Gasteiger partial charge in [0.05, 0.1) is 11.8 Å². The molecule has 0 bridgehead atoms. The summed E-state index contributed by atoms with van der Waals surface area (Å²) in [6.45, 7) is 5.38. The maximum absolute atomic E-state index is 11.4. The molecule has 0 atom stereocenters.